The number of hydrogen-bond donors (Lipinski definition) is 0. The normalized spacial score (nSPS) is 12.1. The zero-order chi connectivity index (χ0) is 27.6. The van der Waals surface area contributed by atoms with Crippen molar-refractivity contribution < 1.29 is 0 Å². The van der Waals surface area contributed by atoms with Crippen LogP contribution >= 0.6 is 0 Å². The summed E-state index contributed by atoms with van der Waals surface area (Å²) < 4.78 is 4.78. The molecule has 0 radical (unpaired) electrons. The molecule has 0 unspecified atom stereocenters. The van der Waals surface area contributed by atoms with Crippen LogP contribution in [-0.2, 0) is 5.41 Å². The monoisotopic (exact) mass is 526 g/mol. The van der Waals surface area contributed by atoms with Crippen molar-refractivity contribution in [3.05, 3.63) is 157 Å². The first-order valence-electron chi connectivity index (χ1n) is 14.3. The third-order valence-electron chi connectivity index (χ3n) is 8.82. The minimum absolute atomic E-state index is 0.259. The Morgan fingerprint density at radius 1 is 0.390 bits per heavy atom. The van der Waals surface area contributed by atoms with E-state index in [1.165, 1.54) is 65.9 Å². The number of aromatic nitrogens is 2. The molecule has 2 nitrogen and oxygen atoms in total. The molecule has 8 rings (SSSR count). The van der Waals surface area contributed by atoms with Crippen molar-refractivity contribution in [3.63, 3.8) is 0 Å². The van der Waals surface area contributed by atoms with Gasteiger partial charge in [0, 0.05) is 39.4 Å². The third-order valence-corrected chi connectivity index (χ3v) is 8.82. The van der Waals surface area contributed by atoms with Crippen molar-refractivity contribution in [1.82, 2.24) is 9.13 Å². The van der Waals surface area contributed by atoms with Gasteiger partial charge in [0.1, 0.15) is 0 Å². The summed E-state index contributed by atoms with van der Waals surface area (Å²) in [6.07, 6.45) is 4.74. The molecule has 0 spiro atoms. The molecule has 41 heavy (non-hydrogen) atoms. The van der Waals surface area contributed by atoms with Crippen molar-refractivity contribution in [1.29, 1.82) is 0 Å². The van der Waals surface area contributed by atoms with Gasteiger partial charge in [-0.3, -0.25) is 0 Å². The lowest BCUT2D eigenvalue weighted by atomic mass is 9.78. The van der Waals surface area contributed by atoms with E-state index >= 15 is 0 Å². The second kappa shape index (κ2) is 8.97. The van der Waals surface area contributed by atoms with Gasteiger partial charge in [-0.2, -0.15) is 0 Å². The van der Waals surface area contributed by atoms with E-state index in [-0.39, 0.29) is 5.41 Å². The molecule has 0 N–H and O–H groups in total. The first-order valence-corrected chi connectivity index (χ1v) is 14.3. The van der Waals surface area contributed by atoms with Gasteiger partial charge >= 0.3 is 0 Å². The van der Waals surface area contributed by atoms with Crippen LogP contribution in [0.2, 0.25) is 0 Å². The zero-order valence-electron chi connectivity index (χ0n) is 23.3. The minimum atomic E-state index is -0.259. The second-order valence-corrected chi connectivity index (χ2v) is 11.5. The molecule has 6 aromatic carbocycles. The highest BCUT2D eigenvalue weighted by Gasteiger charge is 2.31. The van der Waals surface area contributed by atoms with Crippen LogP contribution in [0.4, 0.5) is 0 Å². The fourth-order valence-electron chi connectivity index (χ4n) is 6.74. The van der Waals surface area contributed by atoms with E-state index in [9.17, 15) is 0 Å². The number of benzene rings is 6. The molecule has 0 amide bonds. The highest BCUT2D eigenvalue weighted by atomic mass is 15.0. The number of rotatable bonds is 4. The average Bonchev–Trinajstić information content (AvgIpc) is 3.61. The molecule has 0 aliphatic rings. The predicted octanol–water partition coefficient (Wildman–Crippen LogP) is 10.2. The number of fused-ring (bicyclic) bond motifs is 4. The van der Waals surface area contributed by atoms with Gasteiger partial charge in [0.15, 0.2) is 0 Å². The molecule has 0 aliphatic carbocycles. The summed E-state index contributed by atoms with van der Waals surface area (Å²) >= 11 is 0. The van der Waals surface area contributed by atoms with Crippen molar-refractivity contribution in [2.45, 2.75) is 19.3 Å². The van der Waals surface area contributed by atoms with Crippen LogP contribution in [0, 0.1) is 0 Å². The SMILES string of the molecule is CC(C)(c1cn(-c2cccc3ccccc23)c2ccccc12)c1cn(-c2cccc3ccccc23)c2ccccc12. The van der Waals surface area contributed by atoms with Gasteiger partial charge in [-0.15, -0.1) is 0 Å². The summed E-state index contributed by atoms with van der Waals surface area (Å²) in [4.78, 5) is 0. The van der Waals surface area contributed by atoms with E-state index in [1.54, 1.807) is 0 Å². The van der Waals surface area contributed by atoms with Gasteiger partial charge in [0.25, 0.3) is 0 Å². The first-order chi connectivity index (χ1) is 20.1. The minimum Gasteiger partial charge on any atom is -0.316 e. The summed E-state index contributed by atoms with van der Waals surface area (Å²) in [5, 5.41) is 7.59. The number of nitrogens with zero attached hydrogens (tertiary/aromatic N) is 2. The highest BCUT2D eigenvalue weighted by molar-refractivity contribution is 5.97. The molecule has 0 aliphatic heterocycles. The molecule has 2 heterocycles. The van der Waals surface area contributed by atoms with Crippen molar-refractivity contribution >= 4 is 43.4 Å². The van der Waals surface area contributed by atoms with Crippen molar-refractivity contribution in [3.8, 4) is 11.4 Å². The molecule has 0 atom stereocenters. The molecule has 0 fully saturated rings. The van der Waals surface area contributed by atoms with Crippen molar-refractivity contribution in [2.24, 2.45) is 0 Å². The lowest BCUT2D eigenvalue weighted by Gasteiger charge is -2.24. The topological polar surface area (TPSA) is 9.86 Å². The van der Waals surface area contributed by atoms with E-state index in [2.05, 4.69) is 169 Å². The summed E-state index contributed by atoms with van der Waals surface area (Å²) in [6, 6.07) is 48.1. The maximum Gasteiger partial charge on any atom is 0.0534 e. The molecule has 0 saturated heterocycles. The van der Waals surface area contributed by atoms with Gasteiger partial charge in [0.2, 0.25) is 0 Å². The second-order valence-electron chi connectivity index (χ2n) is 11.5. The maximum absolute atomic E-state index is 2.39. The zero-order valence-corrected chi connectivity index (χ0v) is 23.3. The number of hydrogen-bond acceptors (Lipinski definition) is 0. The van der Waals surface area contributed by atoms with E-state index in [4.69, 9.17) is 0 Å². The molecule has 0 bridgehead atoms. The summed E-state index contributed by atoms with van der Waals surface area (Å²) in [5.74, 6) is 0. The third kappa shape index (κ3) is 3.57. The van der Waals surface area contributed by atoms with Crippen molar-refractivity contribution in [2.75, 3.05) is 0 Å². The predicted molar refractivity (Wildman–Crippen MR) is 174 cm³/mol. The van der Waals surface area contributed by atoms with E-state index < -0.39 is 0 Å². The van der Waals surface area contributed by atoms with Crippen LogP contribution < -0.4 is 0 Å². The molecule has 8 aromatic rings. The largest absolute Gasteiger partial charge is 0.316 e. The summed E-state index contributed by atoms with van der Waals surface area (Å²) in [7, 11) is 0. The maximum atomic E-state index is 2.39. The lowest BCUT2D eigenvalue weighted by molar-refractivity contribution is 0.650. The Morgan fingerprint density at radius 2 is 0.756 bits per heavy atom. The van der Waals surface area contributed by atoms with E-state index in [1.807, 2.05) is 0 Å². The van der Waals surface area contributed by atoms with Gasteiger partial charge in [-0.1, -0.05) is 123 Å². The molecule has 0 saturated carbocycles. The van der Waals surface area contributed by atoms with Gasteiger partial charge in [-0.05, 0) is 46.2 Å². The van der Waals surface area contributed by atoms with Gasteiger partial charge in [0.05, 0.1) is 22.4 Å². The van der Waals surface area contributed by atoms with Crippen LogP contribution in [0.5, 0.6) is 0 Å². The Bertz CT molecular complexity index is 2070. The smallest absolute Gasteiger partial charge is 0.0534 e. The molecular formula is C39H30N2. The fourth-order valence-corrected chi connectivity index (χ4v) is 6.74. The Balaban J connectivity index is 1.38. The first kappa shape index (κ1) is 23.8. The van der Waals surface area contributed by atoms with Crippen LogP contribution in [0.3, 0.4) is 0 Å². The van der Waals surface area contributed by atoms with Crippen LogP contribution in [0.25, 0.3) is 54.7 Å². The Morgan fingerprint density at radius 3 is 1.22 bits per heavy atom. The average molecular weight is 527 g/mol. The molecule has 2 aromatic heterocycles. The Kier molecular flexibility index (Phi) is 5.20. The molecule has 196 valence electrons. The Hall–Kier alpha value is -5.08. The Labute approximate surface area is 239 Å². The lowest BCUT2D eigenvalue weighted by Crippen LogP contribution is -2.18. The molecule has 2 heteroatoms. The van der Waals surface area contributed by atoms with Crippen LogP contribution in [-0.4, -0.2) is 9.13 Å². The van der Waals surface area contributed by atoms with E-state index in [0.717, 1.165) is 0 Å². The van der Waals surface area contributed by atoms with E-state index in [0.29, 0.717) is 0 Å². The fraction of sp³-hybridized carbons (Fsp3) is 0.0769. The highest BCUT2D eigenvalue weighted by Crippen LogP contribution is 2.43. The van der Waals surface area contributed by atoms with Crippen LogP contribution in [0.1, 0.15) is 25.0 Å². The standard InChI is InChI=1S/C39H30N2/c1-39(2,33-25-40(37-21-9-7-19-31(33)37)35-23-11-15-27-13-3-5-17-29(27)35)34-26-41(38-22-10-8-20-32(34)38)36-24-12-16-28-14-4-6-18-30(28)36/h3-26H,1-2H3. The number of para-hydroxylation sites is 2. The van der Waals surface area contributed by atoms with Gasteiger partial charge in [-0.25, -0.2) is 0 Å². The summed E-state index contributed by atoms with van der Waals surface area (Å²) in [6.45, 7) is 4.74. The van der Waals surface area contributed by atoms with Crippen LogP contribution in [0.15, 0.2) is 146 Å². The van der Waals surface area contributed by atoms with Gasteiger partial charge < -0.3 is 9.13 Å². The summed E-state index contributed by atoms with van der Waals surface area (Å²) in [5.41, 5.74) is 7.25. The molecular weight excluding hydrogens is 496 g/mol. The quantitative estimate of drug-likeness (QED) is 0.216.